The highest BCUT2D eigenvalue weighted by atomic mass is 16.3. The fraction of sp³-hybridized carbons (Fsp3) is 1.00. The second-order valence-electron chi connectivity index (χ2n) is 3.93. The maximum absolute atomic E-state index is 9.41. The molecule has 0 saturated heterocycles. The summed E-state index contributed by atoms with van der Waals surface area (Å²) >= 11 is 0. The molecule has 0 heterocycles. The van der Waals surface area contributed by atoms with Gasteiger partial charge in [-0.25, -0.2) is 0 Å². The fourth-order valence-electron chi connectivity index (χ4n) is 1.07. The van der Waals surface area contributed by atoms with Gasteiger partial charge in [-0.2, -0.15) is 0 Å². The first-order valence-electron chi connectivity index (χ1n) is 4.31. The summed E-state index contributed by atoms with van der Waals surface area (Å²) in [6.45, 7) is 7.90. The number of aliphatic hydroxyl groups excluding tert-OH is 2. The lowest BCUT2D eigenvalue weighted by atomic mass is 9.95. The Hall–Kier alpha value is -0.0800. The molecule has 0 aromatic carbocycles. The highest BCUT2D eigenvalue weighted by Gasteiger charge is 2.19. The van der Waals surface area contributed by atoms with Crippen LogP contribution in [0.3, 0.4) is 0 Å². The van der Waals surface area contributed by atoms with Crippen molar-refractivity contribution in [3.63, 3.8) is 0 Å². The molecule has 0 radical (unpaired) electrons. The zero-order valence-electron chi connectivity index (χ0n) is 7.91. The molecule has 0 aliphatic rings. The van der Waals surface area contributed by atoms with E-state index in [1.54, 1.807) is 0 Å². The standard InChI is InChI=1S/C9H20O2/c1-6(2)5-8(10)9(11)7(3)4/h6-11H,5H2,1-4H3/t8-,9+/m1/s1. The summed E-state index contributed by atoms with van der Waals surface area (Å²) in [5, 5.41) is 18.8. The van der Waals surface area contributed by atoms with Gasteiger partial charge in [0.2, 0.25) is 0 Å². The zero-order valence-corrected chi connectivity index (χ0v) is 7.91. The lowest BCUT2D eigenvalue weighted by Gasteiger charge is -2.22. The Bertz CT molecular complexity index is 99.7. The Morgan fingerprint density at radius 1 is 1.00 bits per heavy atom. The van der Waals surface area contributed by atoms with E-state index in [0.29, 0.717) is 12.3 Å². The van der Waals surface area contributed by atoms with Crippen LogP contribution in [0.1, 0.15) is 34.1 Å². The third-order valence-electron chi connectivity index (χ3n) is 1.79. The van der Waals surface area contributed by atoms with E-state index in [9.17, 15) is 10.2 Å². The molecule has 0 unspecified atom stereocenters. The van der Waals surface area contributed by atoms with Crippen molar-refractivity contribution in [1.82, 2.24) is 0 Å². The van der Waals surface area contributed by atoms with Gasteiger partial charge in [0.1, 0.15) is 0 Å². The molecule has 2 nitrogen and oxygen atoms in total. The van der Waals surface area contributed by atoms with Crippen LogP contribution in [0.5, 0.6) is 0 Å². The van der Waals surface area contributed by atoms with Crippen LogP contribution >= 0.6 is 0 Å². The van der Waals surface area contributed by atoms with Crippen LogP contribution in [0.15, 0.2) is 0 Å². The van der Waals surface area contributed by atoms with Crippen molar-refractivity contribution in [3.8, 4) is 0 Å². The minimum absolute atomic E-state index is 0.142. The first kappa shape index (κ1) is 10.9. The molecular formula is C9H20O2. The minimum Gasteiger partial charge on any atom is -0.390 e. The maximum atomic E-state index is 9.41. The smallest absolute Gasteiger partial charge is 0.0822 e. The minimum atomic E-state index is -0.572. The van der Waals surface area contributed by atoms with Gasteiger partial charge >= 0.3 is 0 Å². The molecule has 11 heavy (non-hydrogen) atoms. The fourth-order valence-corrected chi connectivity index (χ4v) is 1.07. The lowest BCUT2D eigenvalue weighted by molar-refractivity contribution is -0.0180. The molecule has 68 valence electrons. The Morgan fingerprint density at radius 2 is 1.45 bits per heavy atom. The zero-order chi connectivity index (χ0) is 9.02. The molecule has 0 rings (SSSR count). The normalized spacial score (nSPS) is 17.5. The average molecular weight is 160 g/mol. The van der Waals surface area contributed by atoms with Crippen LogP contribution in [0, 0.1) is 11.8 Å². The molecular weight excluding hydrogens is 140 g/mol. The monoisotopic (exact) mass is 160 g/mol. The quantitative estimate of drug-likeness (QED) is 0.653. The summed E-state index contributed by atoms with van der Waals surface area (Å²) in [4.78, 5) is 0. The van der Waals surface area contributed by atoms with Gasteiger partial charge < -0.3 is 10.2 Å². The van der Waals surface area contributed by atoms with Gasteiger partial charge in [0.25, 0.3) is 0 Å². The van der Waals surface area contributed by atoms with Crippen molar-refractivity contribution in [2.75, 3.05) is 0 Å². The molecule has 0 saturated carbocycles. The summed E-state index contributed by atoms with van der Waals surface area (Å²) < 4.78 is 0. The molecule has 2 heteroatoms. The van der Waals surface area contributed by atoms with E-state index < -0.39 is 12.2 Å². The van der Waals surface area contributed by atoms with E-state index in [-0.39, 0.29) is 5.92 Å². The molecule has 0 aliphatic heterocycles. The van der Waals surface area contributed by atoms with Crippen molar-refractivity contribution in [2.45, 2.75) is 46.3 Å². The predicted octanol–water partition coefficient (Wildman–Crippen LogP) is 1.41. The van der Waals surface area contributed by atoms with Crippen molar-refractivity contribution in [2.24, 2.45) is 11.8 Å². The van der Waals surface area contributed by atoms with Gasteiger partial charge in [-0.3, -0.25) is 0 Å². The molecule has 0 amide bonds. The van der Waals surface area contributed by atoms with Gasteiger partial charge in [-0.15, -0.1) is 0 Å². The van der Waals surface area contributed by atoms with Crippen LogP contribution in [-0.2, 0) is 0 Å². The van der Waals surface area contributed by atoms with Crippen LogP contribution < -0.4 is 0 Å². The van der Waals surface area contributed by atoms with Crippen LogP contribution in [0.2, 0.25) is 0 Å². The molecule has 0 aliphatic carbocycles. The highest BCUT2D eigenvalue weighted by Crippen LogP contribution is 2.13. The van der Waals surface area contributed by atoms with Gasteiger partial charge in [0.05, 0.1) is 12.2 Å². The van der Waals surface area contributed by atoms with Gasteiger partial charge in [0, 0.05) is 0 Å². The number of hydrogen-bond donors (Lipinski definition) is 2. The summed E-state index contributed by atoms with van der Waals surface area (Å²) in [6, 6.07) is 0. The molecule has 0 spiro atoms. The Morgan fingerprint density at radius 3 is 1.73 bits per heavy atom. The first-order valence-corrected chi connectivity index (χ1v) is 4.31. The van der Waals surface area contributed by atoms with Crippen molar-refractivity contribution in [1.29, 1.82) is 0 Å². The SMILES string of the molecule is CC(C)C[C@@H](O)[C@@H](O)C(C)C. The molecule has 2 atom stereocenters. The van der Waals surface area contributed by atoms with E-state index >= 15 is 0 Å². The third-order valence-corrected chi connectivity index (χ3v) is 1.79. The molecule has 2 N–H and O–H groups in total. The molecule has 0 bridgehead atoms. The molecule has 0 aromatic rings. The van der Waals surface area contributed by atoms with Crippen LogP contribution in [0.25, 0.3) is 0 Å². The Kier molecular flexibility index (Phi) is 4.69. The van der Waals surface area contributed by atoms with Gasteiger partial charge in [0.15, 0.2) is 0 Å². The number of aliphatic hydroxyl groups is 2. The van der Waals surface area contributed by atoms with E-state index in [2.05, 4.69) is 0 Å². The Labute approximate surface area is 69.2 Å². The Balaban J connectivity index is 3.73. The van der Waals surface area contributed by atoms with Crippen molar-refractivity contribution in [3.05, 3.63) is 0 Å². The molecule has 0 fully saturated rings. The topological polar surface area (TPSA) is 40.5 Å². The van der Waals surface area contributed by atoms with Crippen LogP contribution in [0.4, 0.5) is 0 Å². The number of hydrogen-bond acceptors (Lipinski definition) is 2. The maximum Gasteiger partial charge on any atom is 0.0822 e. The first-order chi connectivity index (χ1) is 4.95. The molecule has 0 aromatic heterocycles. The largest absolute Gasteiger partial charge is 0.390 e. The summed E-state index contributed by atoms with van der Waals surface area (Å²) in [7, 11) is 0. The lowest BCUT2D eigenvalue weighted by Crippen LogP contribution is -2.31. The van der Waals surface area contributed by atoms with Crippen LogP contribution in [-0.4, -0.2) is 22.4 Å². The van der Waals surface area contributed by atoms with Gasteiger partial charge in [-0.1, -0.05) is 27.7 Å². The summed E-state index contributed by atoms with van der Waals surface area (Å²) in [6.07, 6.45) is -0.452. The summed E-state index contributed by atoms with van der Waals surface area (Å²) in [5.74, 6) is 0.585. The van der Waals surface area contributed by atoms with E-state index in [1.807, 2.05) is 27.7 Å². The summed E-state index contributed by atoms with van der Waals surface area (Å²) in [5.41, 5.74) is 0. The average Bonchev–Trinajstić information content (AvgIpc) is 1.84. The van der Waals surface area contributed by atoms with E-state index in [4.69, 9.17) is 0 Å². The van der Waals surface area contributed by atoms with E-state index in [0.717, 1.165) is 0 Å². The van der Waals surface area contributed by atoms with E-state index in [1.165, 1.54) is 0 Å². The third kappa shape index (κ3) is 4.38. The van der Waals surface area contributed by atoms with Gasteiger partial charge in [-0.05, 0) is 18.3 Å². The predicted molar refractivity (Wildman–Crippen MR) is 46.3 cm³/mol. The second kappa shape index (κ2) is 4.73. The number of rotatable bonds is 4. The highest BCUT2D eigenvalue weighted by molar-refractivity contribution is 4.71. The van der Waals surface area contributed by atoms with Crippen molar-refractivity contribution >= 4 is 0 Å². The van der Waals surface area contributed by atoms with Crippen molar-refractivity contribution < 1.29 is 10.2 Å². The second-order valence-corrected chi connectivity index (χ2v) is 3.93.